The molecule has 356 valence electrons. The molecule has 68 heavy (non-hydrogen) atoms. The first-order chi connectivity index (χ1) is 32.8. The van der Waals surface area contributed by atoms with Gasteiger partial charge >= 0.3 is 5.97 Å². The highest BCUT2D eigenvalue weighted by atomic mass is 32.2. The molecule has 2 N–H and O–H groups in total. The van der Waals surface area contributed by atoms with E-state index in [0.29, 0.717) is 12.8 Å². The third-order valence-corrected chi connectivity index (χ3v) is 12.9. The molecular weight excluding hydrogens is 883 g/mol. The van der Waals surface area contributed by atoms with E-state index < -0.39 is 56.9 Å². The lowest BCUT2D eigenvalue weighted by molar-refractivity contribution is -0.384. The Morgan fingerprint density at radius 3 is 1.41 bits per heavy atom. The Hall–Kier alpha value is -7.23. The molecule has 0 aliphatic heterocycles. The molecule has 5 aromatic carbocycles. The second kappa shape index (κ2) is 26.2. The maximum atomic E-state index is 14.7. The molecule has 0 bridgehead atoms. The lowest BCUT2D eigenvalue weighted by atomic mass is 9.97. The van der Waals surface area contributed by atoms with Gasteiger partial charge in [-0.05, 0) is 60.1 Å². The van der Waals surface area contributed by atoms with Gasteiger partial charge in [0.2, 0.25) is 27.7 Å². The molecular formula is C53H59N5O9S. The predicted molar refractivity (Wildman–Crippen MR) is 262 cm³/mol. The Morgan fingerprint density at radius 2 is 1.00 bits per heavy atom. The van der Waals surface area contributed by atoms with Crippen LogP contribution < -0.4 is 10.0 Å². The van der Waals surface area contributed by atoms with Crippen molar-refractivity contribution < 1.29 is 37.3 Å². The van der Waals surface area contributed by atoms with Crippen LogP contribution in [0.4, 0.5) is 5.69 Å². The minimum absolute atomic E-state index is 0.0300. The first kappa shape index (κ1) is 51.7. The summed E-state index contributed by atoms with van der Waals surface area (Å²) in [5.74, 6) is -1.65. The minimum atomic E-state index is -4.27. The third-order valence-electron chi connectivity index (χ3n) is 11.4. The highest BCUT2D eigenvalue weighted by Gasteiger charge is 2.32. The van der Waals surface area contributed by atoms with Gasteiger partial charge in [-0.3, -0.25) is 29.3 Å². The fourth-order valence-electron chi connectivity index (χ4n) is 8.14. The topological polar surface area (TPSA) is 185 Å². The molecule has 14 nitrogen and oxygen atoms in total. The van der Waals surface area contributed by atoms with Gasteiger partial charge in [-0.25, -0.2) is 13.1 Å². The zero-order chi connectivity index (χ0) is 48.9. The Labute approximate surface area is 398 Å². The first-order valence-electron chi connectivity index (χ1n) is 22.4. The van der Waals surface area contributed by atoms with Crippen LogP contribution >= 0.6 is 0 Å². The summed E-state index contributed by atoms with van der Waals surface area (Å²) in [5, 5.41) is 14.4. The number of benzene rings is 5. The second-order valence-corrected chi connectivity index (χ2v) is 18.2. The number of carbonyl (C=O) groups is 4. The number of esters is 1. The van der Waals surface area contributed by atoms with Crippen molar-refractivity contribution >= 4 is 39.4 Å². The number of rotatable bonds is 27. The number of carbonyl (C=O) groups excluding carboxylic acids is 4. The van der Waals surface area contributed by atoms with E-state index in [9.17, 15) is 37.7 Å². The van der Waals surface area contributed by atoms with Gasteiger partial charge < -0.3 is 19.9 Å². The van der Waals surface area contributed by atoms with Gasteiger partial charge in [-0.15, -0.1) is 13.2 Å². The predicted octanol–water partition coefficient (Wildman–Crippen LogP) is 7.20. The average Bonchev–Trinajstić information content (AvgIpc) is 3.33. The summed E-state index contributed by atoms with van der Waals surface area (Å²) in [6.45, 7) is 7.97. The minimum Gasteiger partial charge on any atom is -0.469 e. The molecule has 0 aliphatic rings. The highest BCUT2D eigenvalue weighted by molar-refractivity contribution is 7.89. The molecule has 0 spiro atoms. The van der Waals surface area contributed by atoms with Gasteiger partial charge in [-0.1, -0.05) is 133 Å². The van der Waals surface area contributed by atoms with Crippen LogP contribution in [0.15, 0.2) is 176 Å². The van der Waals surface area contributed by atoms with Gasteiger partial charge in [0.1, 0.15) is 0 Å². The number of nitro benzene ring substituents is 1. The van der Waals surface area contributed by atoms with Gasteiger partial charge in [0, 0.05) is 68.7 Å². The summed E-state index contributed by atoms with van der Waals surface area (Å²) >= 11 is 0. The molecule has 0 aliphatic carbocycles. The number of amides is 3. The summed E-state index contributed by atoms with van der Waals surface area (Å²) in [4.78, 5) is 69.9. The number of nitrogens with zero attached hydrogens (tertiary/aromatic N) is 3. The van der Waals surface area contributed by atoms with Gasteiger partial charge in [0.05, 0.1) is 23.3 Å². The van der Waals surface area contributed by atoms with Crippen molar-refractivity contribution in [2.75, 3.05) is 20.2 Å². The molecule has 4 atom stereocenters. The molecule has 0 unspecified atom stereocenters. The van der Waals surface area contributed by atoms with Crippen molar-refractivity contribution in [3.05, 3.63) is 203 Å². The van der Waals surface area contributed by atoms with Crippen molar-refractivity contribution in [1.29, 1.82) is 0 Å². The molecule has 0 saturated heterocycles. The number of nitrogens with one attached hydrogen (secondary N) is 2. The van der Waals surface area contributed by atoms with Crippen molar-refractivity contribution in [2.24, 2.45) is 0 Å². The van der Waals surface area contributed by atoms with Crippen LogP contribution in [-0.2, 0) is 59.6 Å². The Bertz CT molecular complexity index is 2550. The van der Waals surface area contributed by atoms with Crippen LogP contribution in [0.2, 0.25) is 0 Å². The van der Waals surface area contributed by atoms with E-state index in [1.807, 2.05) is 109 Å². The van der Waals surface area contributed by atoms with Crippen molar-refractivity contribution in [1.82, 2.24) is 19.8 Å². The summed E-state index contributed by atoms with van der Waals surface area (Å²) < 4.78 is 35.2. The van der Waals surface area contributed by atoms with Gasteiger partial charge in [0.25, 0.3) is 5.69 Å². The van der Waals surface area contributed by atoms with Crippen molar-refractivity contribution in [3.63, 3.8) is 0 Å². The standard InChI is InChI=1S/C53H59N5O9S/c1-4-30-56(52(61)37-45(33-41-20-12-7-13-21-41)55-68(65,66)49-28-26-46(27-29-49)58(63)64)47(34-42-22-14-8-15-23-42)38-50(59)54-44(32-40-18-10-6-11-19-40)36-51(60)57(31-5-2)48(39-53(62)67-3)35-43-24-16-9-17-25-43/h4-29,44-45,47-48,55H,1-2,30-39H2,3H3,(H,54,59)/t44-,45-,47-,48-/m0/s1. The number of ether oxygens (including phenoxy) is 1. The van der Waals surface area contributed by atoms with E-state index in [2.05, 4.69) is 23.2 Å². The number of sulfonamides is 1. The van der Waals surface area contributed by atoms with E-state index in [-0.39, 0.29) is 68.1 Å². The van der Waals surface area contributed by atoms with E-state index >= 15 is 0 Å². The summed E-state index contributed by atoms with van der Waals surface area (Å²) in [6, 6.07) is 38.9. The number of hydrogen-bond donors (Lipinski definition) is 2. The Kier molecular flexibility index (Phi) is 19.9. The number of nitro groups is 1. The monoisotopic (exact) mass is 941 g/mol. The first-order valence-corrected chi connectivity index (χ1v) is 23.9. The molecule has 5 rings (SSSR count). The van der Waals surface area contributed by atoms with Crippen LogP contribution in [0, 0.1) is 10.1 Å². The van der Waals surface area contributed by atoms with Crippen LogP contribution in [0.25, 0.3) is 0 Å². The molecule has 0 saturated carbocycles. The van der Waals surface area contributed by atoms with Gasteiger partial charge in [0.15, 0.2) is 0 Å². The molecule has 3 amide bonds. The average molecular weight is 942 g/mol. The summed E-state index contributed by atoms with van der Waals surface area (Å²) in [6.07, 6.45) is 3.57. The third kappa shape index (κ3) is 16.3. The summed E-state index contributed by atoms with van der Waals surface area (Å²) in [5.41, 5.74) is 3.13. The number of methoxy groups -OCH3 is 1. The molecule has 0 fully saturated rings. The van der Waals surface area contributed by atoms with Crippen molar-refractivity contribution in [2.45, 2.75) is 80.4 Å². The molecule has 0 radical (unpaired) electrons. The zero-order valence-corrected chi connectivity index (χ0v) is 39.0. The van der Waals surface area contributed by atoms with E-state index in [4.69, 9.17) is 4.74 Å². The number of non-ortho nitro benzene ring substituents is 1. The normalized spacial score (nSPS) is 12.9. The fourth-order valence-corrected chi connectivity index (χ4v) is 9.37. The SMILES string of the molecule is C=CCN(C(=O)C[C@H](Cc1ccccc1)NS(=O)(=O)c1ccc([N+](=O)[O-])cc1)[C@H](CC(=O)N[C@H](CC(=O)N(CC=C)[C@H](CC(=O)OC)Cc1ccccc1)Cc1ccccc1)Cc1ccccc1. The van der Waals surface area contributed by atoms with E-state index in [1.54, 1.807) is 29.2 Å². The summed E-state index contributed by atoms with van der Waals surface area (Å²) in [7, 11) is -2.97. The molecule has 0 aromatic heterocycles. The Balaban J connectivity index is 1.43. The maximum absolute atomic E-state index is 14.7. The lowest BCUT2D eigenvalue weighted by Crippen LogP contribution is -2.49. The largest absolute Gasteiger partial charge is 0.469 e. The van der Waals surface area contributed by atoms with Gasteiger partial charge in [-0.2, -0.15) is 0 Å². The Morgan fingerprint density at radius 1 is 0.603 bits per heavy atom. The fraction of sp³-hybridized carbons (Fsp3) is 0.283. The van der Waals surface area contributed by atoms with Crippen LogP contribution in [0.1, 0.15) is 47.9 Å². The molecule has 0 heterocycles. The lowest BCUT2D eigenvalue weighted by Gasteiger charge is -2.34. The van der Waals surface area contributed by atoms with Crippen LogP contribution in [0.3, 0.4) is 0 Å². The quantitative estimate of drug-likeness (QED) is 0.0238. The van der Waals surface area contributed by atoms with Crippen LogP contribution in [-0.4, -0.2) is 91.2 Å². The number of hydrogen-bond acceptors (Lipinski definition) is 9. The van der Waals surface area contributed by atoms with Crippen LogP contribution in [0.5, 0.6) is 0 Å². The van der Waals surface area contributed by atoms with E-state index in [0.717, 1.165) is 46.5 Å². The molecule has 5 aromatic rings. The second-order valence-electron chi connectivity index (χ2n) is 16.5. The van der Waals surface area contributed by atoms with Crippen molar-refractivity contribution in [3.8, 4) is 0 Å². The molecule has 15 heteroatoms. The zero-order valence-electron chi connectivity index (χ0n) is 38.2. The smallest absolute Gasteiger partial charge is 0.307 e. The highest BCUT2D eigenvalue weighted by Crippen LogP contribution is 2.22. The van der Waals surface area contributed by atoms with E-state index in [1.165, 1.54) is 12.0 Å². The maximum Gasteiger partial charge on any atom is 0.307 e.